The van der Waals surface area contributed by atoms with Gasteiger partial charge < -0.3 is 10.2 Å². The Morgan fingerprint density at radius 3 is 2.42 bits per heavy atom. The van der Waals surface area contributed by atoms with Crippen molar-refractivity contribution in [1.82, 2.24) is 10.2 Å². The molecule has 0 unspecified atom stereocenters. The lowest BCUT2D eigenvalue weighted by Gasteiger charge is -2.15. The third-order valence-electron chi connectivity index (χ3n) is 3.04. The van der Waals surface area contributed by atoms with Gasteiger partial charge in [0.1, 0.15) is 0 Å². The highest BCUT2D eigenvalue weighted by Gasteiger charge is 2.06. The second kappa shape index (κ2) is 8.43. The van der Waals surface area contributed by atoms with Crippen LogP contribution in [-0.2, 0) is 4.79 Å². The van der Waals surface area contributed by atoms with Crippen LogP contribution < -0.4 is 5.32 Å². The highest BCUT2D eigenvalue weighted by molar-refractivity contribution is 5.95. The van der Waals surface area contributed by atoms with Crippen LogP contribution in [-0.4, -0.2) is 43.8 Å². The monoisotopic (exact) mass is 262 g/mol. The zero-order valence-electron chi connectivity index (χ0n) is 11.7. The van der Waals surface area contributed by atoms with E-state index in [9.17, 15) is 9.59 Å². The SMILES string of the molecule is CNC(=O)CCN(C)CCCC(=O)c1ccccc1. The normalized spacial score (nSPS) is 10.5. The van der Waals surface area contributed by atoms with E-state index in [1.54, 1.807) is 7.05 Å². The largest absolute Gasteiger partial charge is 0.359 e. The van der Waals surface area contributed by atoms with Crippen LogP contribution in [0, 0.1) is 0 Å². The van der Waals surface area contributed by atoms with Crippen molar-refractivity contribution in [2.45, 2.75) is 19.3 Å². The van der Waals surface area contributed by atoms with Gasteiger partial charge in [0.2, 0.25) is 5.91 Å². The molecule has 1 N–H and O–H groups in total. The molecule has 0 aliphatic rings. The summed E-state index contributed by atoms with van der Waals surface area (Å²) in [5, 5.41) is 2.60. The molecule has 0 bridgehead atoms. The molecule has 1 aromatic carbocycles. The van der Waals surface area contributed by atoms with Crippen molar-refractivity contribution in [2.75, 3.05) is 27.2 Å². The van der Waals surface area contributed by atoms with Gasteiger partial charge in [-0.25, -0.2) is 0 Å². The van der Waals surface area contributed by atoms with Gasteiger partial charge in [0.25, 0.3) is 0 Å². The fraction of sp³-hybridized carbons (Fsp3) is 0.467. The highest BCUT2D eigenvalue weighted by atomic mass is 16.1. The smallest absolute Gasteiger partial charge is 0.221 e. The summed E-state index contributed by atoms with van der Waals surface area (Å²) in [7, 11) is 3.61. The van der Waals surface area contributed by atoms with Crippen molar-refractivity contribution in [2.24, 2.45) is 0 Å². The Labute approximate surface area is 114 Å². The Balaban J connectivity index is 2.19. The standard InChI is InChI=1S/C15H22N2O2/c1-16-15(19)10-12-17(2)11-6-9-14(18)13-7-4-3-5-8-13/h3-5,7-8H,6,9-12H2,1-2H3,(H,16,19). The molecule has 0 radical (unpaired) electrons. The first-order valence-corrected chi connectivity index (χ1v) is 6.61. The van der Waals surface area contributed by atoms with Gasteiger partial charge in [0.15, 0.2) is 5.78 Å². The maximum absolute atomic E-state index is 11.9. The van der Waals surface area contributed by atoms with Crippen LogP contribution in [0.15, 0.2) is 30.3 Å². The lowest BCUT2D eigenvalue weighted by molar-refractivity contribution is -0.120. The maximum Gasteiger partial charge on any atom is 0.221 e. The number of carbonyl (C=O) groups excluding carboxylic acids is 2. The fourth-order valence-electron chi connectivity index (χ4n) is 1.81. The molecule has 0 heterocycles. The number of amides is 1. The third-order valence-corrected chi connectivity index (χ3v) is 3.04. The lowest BCUT2D eigenvalue weighted by atomic mass is 10.1. The number of nitrogens with zero attached hydrogens (tertiary/aromatic N) is 1. The van der Waals surface area contributed by atoms with E-state index in [1.807, 2.05) is 37.4 Å². The average molecular weight is 262 g/mol. The number of hydrogen-bond acceptors (Lipinski definition) is 3. The fourth-order valence-corrected chi connectivity index (χ4v) is 1.81. The molecule has 104 valence electrons. The molecule has 1 aromatic rings. The minimum atomic E-state index is 0.0483. The second-order valence-electron chi connectivity index (χ2n) is 4.62. The number of rotatable bonds is 8. The molecule has 0 spiro atoms. The number of nitrogens with one attached hydrogen (secondary N) is 1. The van der Waals surface area contributed by atoms with E-state index in [-0.39, 0.29) is 11.7 Å². The van der Waals surface area contributed by atoms with Gasteiger partial charge in [-0.05, 0) is 20.0 Å². The molecule has 0 atom stereocenters. The van der Waals surface area contributed by atoms with E-state index >= 15 is 0 Å². The summed E-state index contributed by atoms with van der Waals surface area (Å²) in [5.41, 5.74) is 0.774. The number of Topliss-reactive ketones (excluding diaryl/α,β-unsaturated/α-hetero) is 1. The van der Waals surface area contributed by atoms with E-state index in [0.717, 1.165) is 25.1 Å². The third kappa shape index (κ3) is 6.15. The summed E-state index contributed by atoms with van der Waals surface area (Å²) in [6.07, 6.45) is 1.87. The molecule has 1 rings (SSSR count). The van der Waals surface area contributed by atoms with E-state index in [0.29, 0.717) is 12.8 Å². The molecule has 4 heteroatoms. The first-order chi connectivity index (χ1) is 9.13. The zero-order chi connectivity index (χ0) is 14.1. The van der Waals surface area contributed by atoms with Crippen molar-refractivity contribution in [1.29, 1.82) is 0 Å². The topological polar surface area (TPSA) is 49.4 Å². The molecule has 4 nitrogen and oxygen atoms in total. The molecule has 0 aliphatic carbocycles. The van der Waals surface area contributed by atoms with E-state index < -0.39 is 0 Å². The molecule has 0 aromatic heterocycles. The van der Waals surface area contributed by atoms with Crippen LogP contribution in [0.3, 0.4) is 0 Å². The van der Waals surface area contributed by atoms with Crippen molar-refractivity contribution in [3.05, 3.63) is 35.9 Å². The van der Waals surface area contributed by atoms with Crippen LogP contribution in [0.25, 0.3) is 0 Å². The molecule has 0 fully saturated rings. The van der Waals surface area contributed by atoms with Crippen LogP contribution in [0.4, 0.5) is 0 Å². The number of hydrogen-bond donors (Lipinski definition) is 1. The predicted molar refractivity (Wildman–Crippen MR) is 76.2 cm³/mol. The summed E-state index contributed by atoms with van der Waals surface area (Å²) in [4.78, 5) is 25.0. The van der Waals surface area contributed by atoms with E-state index in [4.69, 9.17) is 0 Å². The van der Waals surface area contributed by atoms with Crippen molar-refractivity contribution in [3.63, 3.8) is 0 Å². The summed E-state index contributed by atoms with van der Waals surface area (Å²) in [6, 6.07) is 9.35. The molecular weight excluding hydrogens is 240 g/mol. The van der Waals surface area contributed by atoms with Crippen LogP contribution >= 0.6 is 0 Å². The average Bonchev–Trinajstić information content (AvgIpc) is 2.45. The van der Waals surface area contributed by atoms with Gasteiger partial charge in [0, 0.05) is 32.0 Å². The predicted octanol–water partition coefficient (Wildman–Crippen LogP) is 1.72. The minimum Gasteiger partial charge on any atom is -0.359 e. The van der Waals surface area contributed by atoms with Crippen LogP contribution in [0.5, 0.6) is 0 Å². The quantitative estimate of drug-likeness (QED) is 0.726. The van der Waals surface area contributed by atoms with Crippen LogP contribution in [0.2, 0.25) is 0 Å². The molecule has 0 saturated carbocycles. The van der Waals surface area contributed by atoms with Crippen LogP contribution in [0.1, 0.15) is 29.6 Å². The van der Waals surface area contributed by atoms with Gasteiger partial charge in [-0.2, -0.15) is 0 Å². The minimum absolute atomic E-state index is 0.0483. The van der Waals surface area contributed by atoms with Gasteiger partial charge in [-0.3, -0.25) is 9.59 Å². The lowest BCUT2D eigenvalue weighted by Crippen LogP contribution is -2.27. The number of benzene rings is 1. The summed E-state index contributed by atoms with van der Waals surface area (Å²) in [5.74, 6) is 0.229. The van der Waals surface area contributed by atoms with E-state index in [1.165, 1.54) is 0 Å². The molecule has 0 aliphatic heterocycles. The second-order valence-corrected chi connectivity index (χ2v) is 4.62. The Hall–Kier alpha value is -1.68. The van der Waals surface area contributed by atoms with Gasteiger partial charge in [-0.15, -0.1) is 0 Å². The maximum atomic E-state index is 11.9. The van der Waals surface area contributed by atoms with Gasteiger partial charge >= 0.3 is 0 Å². The Bertz CT molecular complexity index is 404. The van der Waals surface area contributed by atoms with Gasteiger partial charge in [-0.1, -0.05) is 30.3 Å². The molecule has 1 amide bonds. The molecular formula is C15H22N2O2. The molecule has 0 saturated heterocycles. The first kappa shape index (κ1) is 15.4. The Morgan fingerprint density at radius 1 is 1.11 bits per heavy atom. The first-order valence-electron chi connectivity index (χ1n) is 6.61. The summed E-state index contributed by atoms with van der Waals surface area (Å²) >= 11 is 0. The summed E-state index contributed by atoms with van der Waals surface area (Å²) < 4.78 is 0. The number of carbonyl (C=O) groups is 2. The zero-order valence-corrected chi connectivity index (χ0v) is 11.7. The van der Waals surface area contributed by atoms with Crippen molar-refractivity contribution >= 4 is 11.7 Å². The molecule has 19 heavy (non-hydrogen) atoms. The summed E-state index contributed by atoms with van der Waals surface area (Å²) in [6.45, 7) is 1.55. The number of ketones is 1. The Morgan fingerprint density at radius 2 is 1.79 bits per heavy atom. The Kier molecular flexibility index (Phi) is 6.82. The van der Waals surface area contributed by atoms with Crippen molar-refractivity contribution < 1.29 is 9.59 Å². The van der Waals surface area contributed by atoms with E-state index in [2.05, 4.69) is 10.2 Å². The van der Waals surface area contributed by atoms with Gasteiger partial charge in [0.05, 0.1) is 0 Å². The van der Waals surface area contributed by atoms with Crippen molar-refractivity contribution in [3.8, 4) is 0 Å². The highest BCUT2D eigenvalue weighted by Crippen LogP contribution is 2.05.